The molecule has 0 amide bonds. The molecule has 0 saturated heterocycles. The van der Waals surface area contributed by atoms with Gasteiger partial charge in [0.1, 0.15) is 0 Å². The Labute approximate surface area is 125 Å². The fourth-order valence-electron chi connectivity index (χ4n) is 2.41. The van der Waals surface area contributed by atoms with Crippen LogP contribution in [0.2, 0.25) is 0 Å². The lowest BCUT2D eigenvalue weighted by Gasteiger charge is -2.21. The van der Waals surface area contributed by atoms with E-state index in [1.54, 1.807) is 0 Å². The molecule has 0 bridgehead atoms. The molecule has 1 fully saturated rings. The average molecular weight is 397 g/mol. The van der Waals surface area contributed by atoms with E-state index in [1.807, 2.05) is 18.2 Å². The van der Waals surface area contributed by atoms with Crippen LogP contribution in [0, 0.1) is 0 Å². The molecule has 0 radical (unpaired) electrons. The summed E-state index contributed by atoms with van der Waals surface area (Å²) in [4.78, 5) is 0. The molecule has 3 nitrogen and oxygen atoms in total. The van der Waals surface area contributed by atoms with E-state index < -0.39 is 9.84 Å². The Hall–Kier alpha value is -0.0700. The summed E-state index contributed by atoms with van der Waals surface area (Å²) in [6.45, 7) is 0. The molecule has 100 valence electrons. The van der Waals surface area contributed by atoms with Crippen molar-refractivity contribution in [3.05, 3.63) is 27.1 Å². The number of hydrogen-bond acceptors (Lipinski definition) is 3. The summed E-state index contributed by atoms with van der Waals surface area (Å²) in [5.74, 6) is 0. The predicted molar refractivity (Wildman–Crippen MR) is 81.7 cm³/mol. The van der Waals surface area contributed by atoms with Crippen molar-refractivity contribution in [2.45, 2.75) is 30.6 Å². The third-order valence-corrected chi connectivity index (χ3v) is 6.12. The molecule has 1 aromatic rings. The van der Waals surface area contributed by atoms with Crippen LogP contribution in [0.4, 0.5) is 5.69 Å². The first-order valence-corrected chi connectivity index (χ1v) is 9.32. The van der Waals surface area contributed by atoms with E-state index in [1.165, 1.54) is 6.26 Å². The van der Waals surface area contributed by atoms with Gasteiger partial charge in [0.05, 0.1) is 5.25 Å². The smallest absolute Gasteiger partial charge is 0.152 e. The van der Waals surface area contributed by atoms with Crippen LogP contribution in [-0.2, 0) is 9.84 Å². The highest BCUT2D eigenvalue weighted by Crippen LogP contribution is 2.32. The van der Waals surface area contributed by atoms with Crippen molar-refractivity contribution in [2.24, 2.45) is 0 Å². The standard InChI is InChI=1S/C12H15Br2NO2S/c1-18(16,17)12-4-2-3-10(12)15-11-7-8(13)5-6-9(11)14/h5-7,10,12,15H,2-4H2,1H3. The van der Waals surface area contributed by atoms with E-state index >= 15 is 0 Å². The molecule has 1 aliphatic carbocycles. The highest BCUT2D eigenvalue weighted by atomic mass is 79.9. The number of hydrogen-bond donors (Lipinski definition) is 1. The maximum absolute atomic E-state index is 11.7. The lowest BCUT2D eigenvalue weighted by atomic mass is 10.2. The number of rotatable bonds is 3. The van der Waals surface area contributed by atoms with Crippen molar-refractivity contribution in [1.29, 1.82) is 0 Å². The minimum Gasteiger partial charge on any atom is -0.380 e. The number of benzene rings is 1. The maximum Gasteiger partial charge on any atom is 0.152 e. The SMILES string of the molecule is CS(=O)(=O)C1CCCC1Nc1cc(Br)ccc1Br. The molecule has 1 aliphatic rings. The second kappa shape index (κ2) is 5.51. The Kier molecular flexibility index (Phi) is 4.39. The van der Waals surface area contributed by atoms with E-state index in [-0.39, 0.29) is 11.3 Å². The maximum atomic E-state index is 11.7. The second-order valence-electron chi connectivity index (χ2n) is 4.67. The Morgan fingerprint density at radius 1 is 1.28 bits per heavy atom. The largest absolute Gasteiger partial charge is 0.380 e. The summed E-state index contributed by atoms with van der Waals surface area (Å²) in [7, 11) is -2.98. The average Bonchev–Trinajstić information content (AvgIpc) is 2.71. The first kappa shape index (κ1) is 14.3. The Bertz CT molecular complexity index is 545. The first-order chi connectivity index (χ1) is 8.38. The lowest BCUT2D eigenvalue weighted by Crippen LogP contribution is -2.34. The predicted octanol–water partition coefficient (Wildman–Crippen LogP) is 3.59. The van der Waals surface area contributed by atoms with E-state index in [9.17, 15) is 8.42 Å². The Morgan fingerprint density at radius 3 is 2.67 bits per heavy atom. The van der Waals surface area contributed by atoms with Gasteiger partial charge >= 0.3 is 0 Å². The van der Waals surface area contributed by atoms with Crippen LogP contribution in [0.15, 0.2) is 27.1 Å². The van der Waals surface area contributed by atoms with E-state index in [0.29, 0.717) is 0 Å². The summed E-state index contributed by atoms with van der Waals surface area (Å²) < 4.78 is 25.4. The quantitative estimate of drug-likeness (QED) is 0.848. The van der Waals surface area contributed by atoms with Gasteiger partial charge in [0.25, 0.3) is 0 Å². The van der Waals surface area contributed by atoms with Gasteiger partial charge in [0, 0.05) is 26.9 Å². The zero-order chi connectivity index (χ0) is 13.3. The summed E-state index contributed by atoms with van der Waals surface area (Å²) in [5.41, 5.74) is 0.935. The minimum absolute atomic E-state index is 0.00519. The fraction of sp³-hybridized carbons (Fsp3) is 0.500. The van der Waals surface area contributed by atoms with Gasteiger partial charge in [-0.1, -0.05) is 15.9 Å². The van der Waals surface area contributed by atoms with Gasteiger partial charge in [-0.25, -0.2) is 8.42 Å². The number of nitrogens with one attached hydrogen (secondary N) is 1. The summed E-state index contributed by atoms with van der Waals surface area (Å²) in [6.07, 6.45) is 3.94. The monoisotopic (exact) mass is 395 g/mol. The van der Waals surface area contributed by atoms with Crippen LogP contribution in [0.3, 0.4) is 0 Å². The highest BCUT2D eigenvalue weighted by molar-refractivity contribution is 9.11. The van der Waals surface area contributed by atoms with E-state index in [2.05, 4.69) is 37.2 Å². The van der Waals surface area contributed by atoms with Gasteiger partial charge in [-0.05, 0) is 53.4 Å². The van der Waals surface area contributed by atoms with Crippen molar-refractivity contribution in [3.63, 3.8) is 0 Å². The van der Waals surface area contributed by atoms with Crippen LogP contribution in [0.1, 0.15) is 19.3 Å². The molecule has 0 aromatic heterocycles. The molecule has 1 aromatic carbocycles. The molecule has 0 spiro atoms. The second-order valence-corrected chi connectivity index (χ2v) is 8.71. The Morgan fingerprint density at radius 2 is 2.00 bits per heavy atom. The molecular formula is C12H15Br2NO2S. The number of halogens is 2. The van der Waals surface area contributed by atoms with Crippen LogP contribution < -0.4 is 5.32 Å². The Balaban J connectivity index is 2.21. The lowest BCUT2D eigenvalue weighted by molar-refractivity contribution is 0.579. The van der Waals surface area contributed by atoms with Crippen LogP contribution in [0.5, 0.6) is 0 Å². The van der Waals surface area contributed by atoms with Crippen molar-refractivity contribution >= 4 is 47.4 Å². The molecule has 2 atom stereocenters. The van der Waals surface area contributed by atoms with Crippen LogP contribution in [-0.4, -0.2) is 26.0 Å². The van der Waals surface area contributed by atoms with Crippen LogP contribution >= 0.6 is 31.9 Å². The van der Waals surface area contributed by atoms with Crippen molar-refractivity contribution in [1.82, 2.24) is 0 Å². The molecule has 0 aliphatic heterocycles. The van der Waals surface area contributed by atoms with Gasteiger partial charge in [0.15, 0.2) is 9.84 Å². The fourth-order valence-corrected chi connectivity index (χ4v) is 4.53. The number of anilines is 1. The van der Waals surface area contributed by atoms with Crippen molar-refractivity contribution < 1.29 is 8.42 Å². The highest BCUT2D eigenvalue weighted by Gasteiger charge is 2.34. The van der Waals surface area contributed by atoms with Crippen molar-refractivity contribution in [3.8, 4) is 0 Å². The summed E-state index contributed by atoms with van der Waals surface area (Å²) >= 11 is 6.90. The normalized spacial score (nSPS) is 24.2. The van der Waals surface area contributed by atoms with E-state index in [4.69, 9.17) is 0 Å². The molecule has 18 heavy (non-hydrogen) atoms. The van der Waals surface area contributed by atoms with Gasteiger partial charge in [-0.2, -0.15) is 0 Å². The molecule has 1 saturated carbocycles. The zero-order valence-corrected chi connectivity index (χ0v) is 14.0. The third kappa shape index (κ3) is 3.27. The van der Waals surface area contributed by atoms with Crippen LogP contribution in [0.25, 0.3) is 0 Å². The van der Waals surface area contributed by atoms with Gasteiger partial charge in [-0.15, -0.1) is 0 Å². The van der Waals surface area contributed by atoms with Gasteiger partial charge in [0.2, 0.25) is 0 Å². The van der Waals surface area contributed by atoms with E-state index in [0.717, 1.165) is 33.9 Å². The first-order valence-electron chi connectivity index (χ1n) is 5.78. The summed E-state index contributed by atoms with van der Waals surface area (Å²) in [5, 5.41) is 3.08. The van der Waals surface area contributed by atoms with Gasteiger partial charge < -0.3 is 5.32 Å². The van der Waals surface area contributed by atoms with Crippen molar-refractivity contribution in [2.75, 3.05) is 11.6 Å². The summed E-state index contributed by atoms with van der Waals surface area (Å²) in [6, 6.07) is 5.85. The van der Waals surface area contributed by atoms with Gasteiger partial charge in [-0.3, -0.25) is 0 Å². The molecule has 6 heteroatoms. The topological polar surface area (TPSA) is 46.2 Å². The minimum atomic E-state index is -2.98. The number of sulfone groups is 1. The molecule has 1 N–H and O–H groups in total. The molecule has 2 rings (SSSR count). The molecular weight excluding hydrogens is 382 g/mol. The molecule has 2 unspecified atom stereocenters. The zero-order valence-electron chi connectivity index (χ0n) is 9.99. The third-order valence-electron chi connectivity index (χ3n) is 3.27. The molecule has 0 heterocycles.